The highest BCUT2D eigenvalue weighted by molar-refractivity contribution is 5.95. The molecule has 0 unspecified atom stereocenters. The van der Waals surface area contributed by atoms with Crippen LogP contribution in [0.3, 0.4) is 0 Å². The summed E-state index contributed by atoms with van der Waals surface area (Å²) in [6, 6.07) is 11.3. The molecule has 5 nitrogen and oxygen atoms in total. The van der Waals surface area contributed by atoms with E-state index in [4.69, 9.17) is 14.2 Å². The maximum Gasteiger partial charge on any atom is 0.251 e. The fourth-order valence-electron chi connectivity index (χ4n) is 3.53. The predicted octanol–water partition coefficient (Wildman–Crippen LogP) is 3.80. The van der Waals surface area contributed by atoms with E-state index in [1.807, 2.05) is 32.9 Å². The van der Waals surface area contributed by atoms with Gasteiger partial charge in [0.1, 0.15) is 24.6 Å². The van der Waals surface area contributed by atoms with E-state index in [0.29, 0.717) is 36.7 Å². The van der Waals surface area contributed by atoms with Crippen molar-refractivity contribution in [2.45, 2.75) is 38.8 Å². The molecule has 0 fully saturated rings. The highest BCUT2D eigenvalue weighted by atomic mass is 16.6. The third kappa shape index (κ3) is 3.21. The Balaban J connectivity index is 1.60. The number of rotatable bonds is 2. The van der Waals surface area contributed by atoms with E-state index >= 15 is 0 Å². The molecular formula is C21H23NO4. The number of carbonyl (C=O) groups is 1. The van der Waals surface area contributed by atoms with Crippen LogP contribution in [-0.2, 0) is 0 Å². The van der Waals surface area contributed by atoms with Gasteiger partial charge in [-0.3, -0.25) is 4.79 Å². The van der Waals surface area contributed by atoms with E-state index in [2.05, 4.69) is 11.4 Å². The molecule has 26 heavy (non-hydrogen) atoms. The van der Waals surface area contributed by atoms with Gasteiger partial charge in [-0.25, -0.2) is 0 Å². The van der Waals surface area contributed by atoms with E-state index in [9.17, 15) is 4.79 Å². The molecule has 0 aromatic heterocycles. The number of amides is 1. The van der Waals surface area contributed by atoms with Crippen molar-refractivity contribution in [2.75, 3.05) is 13.2 Å². The third-order valence-corrected chi connectivity index (χ3v) is 4.73. The van der Waals surface area contributed by atoms with Crippen molar-refractivity contribution in [3.63, 3.8) is 0 Å². The van der Waals surface area contributed by atoms with Crippen LogP contribution in [0.5, 0.6) is 17.2 Å². The Morgan fingerprint density at radius 1 is 1.04 bits per heavy atom. The molecule has 4 rings (SSSR count). The highest BCUT2D eigenvalue weighted by Crippen LogP contribution is 2.40. The smallest absolute Gasteiger partial charge is 0.251 e. The van der Waals surface area contributed by atoms with Gasteiger partial charge in [0, 0.05) is 17.5 Å². The van der Waals surface area contributed by atoms with Crippen LogP contribution in [0.2, 0.25) is 0 Å². The van der Waals surface area contributed by atoms with Crippen molar-refractivity contribution >= 4 is 5.91 Å². The predicted molar refractivity (Wildman–Crippen MR) is 98.1 cm³/mol. The molecule has 1 amide bonds. The van der Waals surface area contributed by atoms with Crippen molar-refractivity contribution in [1.82, 2.24) is 5.32 Å². The Bertz CT molecular complexity index is 859. The van der Waals surface area contributed by atoms with E-state index in [1.54, 1.807) is 18.2 Å². The van der Waals surface area contributed by atoms with Gasteiger partial charge in [0.15, 0.2) is 11.5 Å². The minimum atomic E-state index is -0.340. The van der Waals surface area contributed by atoms with Gasteiger partial charge >= 0.3 is 0 Å². The van der Waals surface area contributed by atoms with Gasteiger partial charge < -0.3 is 19.5 Å². The molecule has 1 atom stereocenters. The SMILES string of the molecule is Cc1ccc2c(c1)[C@H](NC(=O)c1ccc3c(c1)OCCO3)CC(C)(C)O2. The van der Waals surface area contributed by atoms with Crippen LogP contribution in [0.1, 0.15) is 47.8 Å². The van der Waals surface area contributed by atoms with Crippen molar-refractivity contribution in [2.24, 2.45) is 0 Å². The number of aryl methyl sites for hydroxylation is 1. The Labute approximate surface area is 153 Å². The zero-order chi connectivity index (χ0) is 18.3. The second kappa shape index (κ2) is 6.24. The molecule has 2 aromatic rings. The molecule has 1 N–H and O–H groups in total. The third-order valence-electron chi connectivity index (χ3n) is 4.73. The quantitative estimate of drug-likeness (QED) is 0.892. The number of fused-ring (bicyclic) bond motifs is 2. The minimum Gasteiger partial charge on any atom is -0.487 e. The fourth-order valence-corrected chi connectivity index (χ4v) is 3.53. The van der Waals surface area contributed by atoms with Gasteiger partial charge in [-0.05, 0) is 45.0 Å². The maximum atomic E-state index is 12.9. The Morgan fingerprint density at radius 3 is 2.58 bits per heavy atom. The second-order valence-corrected chi connectivity index (χ2v) is 7.49. The summed E-state index contributed by atoms with van der Waals surface area (Å²) in [5.74, 6) is 2.00. The topological polar surface area (TPSA) is 56.8 Å². The Hall–Kier alpha value is -2.69. The van der Waals surface area contributed by atoms with E-state index in [1.165, 1.54) is 0 Å². The molecule has 2 aromatic carbocycles. The molecule has 2 aliphatic heterocycles. The highest BCUT2D eigenvalue weighted by Gasteiger charge is 2.34. The summed E-state index contributed by atoms with van der Waals surface area (Å²) in [6.07, 6.45) is 0.708. The van der Waals surface area contributed by atoms with Crippen molar-refractivity contribution in [3.05, 3.63) is 53.1 Å². The lowest BCUT2D eigenvalue weighted by Crippen LogP contribution is -2.41. The summed E-state index contributed by atoms with van der Waals surface area (Å²) in [6.45, 7) is 7.16. The summed E-state index contributed by atoms with van der Waals surface area (Å²) in [5, 5.41) is 3.17. The first-order valence-electron chi connectivity index (χ1n) is 8.91. The Kier molecular flexibility index (Phi) is 4.02. The van der Waals surface area contributed by atoms with Gasteiger partial charge in [0.2, 0.25) is 0 Å². The molecule has 2 aliphatic rings. The molecule has 0 aliphatic carbocycles. The van der Waals surface area contributed by atoms with Gasteiger partial charge in [0.05, 0.1) is 6.04 Å². The van der Waals surface area contributed by atoms with Crippen LogP contribution in [0.4, 0.5) is 0 Å². The maximum absolute atomic E-state index is 12.9. The van der Waals surface area contributed by atoms with Crippen LogP contribution in [0.15, 0.2) is 36.4 Å². The standard InChI is InChI=1S/C21H23NO4/c1-13-4-6-17-15(10-13)16(12-21(2,3)26-17)22-20(23)14-5-7-18-19(11-14)25-9-8-24-18/h4-7,10-11,16H,8-9,12H2,1-3H3,(H,22,23)/t16-/m1/s1. The second-order valence-electron chi connectivity index (χ2n) is 7.49. The number of carbonyl (C=O) groups excluding carboxylic acids is 1. The lowest BCUT2D eigenvalue weighted by atomic mass is 9.88. The minimum absolute atomic E-state index is 0.102. The molecule has 0 spiro atoms. The molecule has 0 radical (unpaired) electrons. The largest absolute Gasteiger partial charge is 0.487 e. The van der Waals surface area contributed by atoms with Gasteiger partial charge in [-0.1, -0.05) is 17.7 Å². The average Bonchev–Trinajstić information content (AvgIpc) is 2.61. The molecule has 5 heteroatoms. The zero-order valence-electron chi connectivity index (χ0n) is 15.3. The van der Waals surface area contributed by atoms with Crippen LogP contribution in [-0.4, -0.2) is 24.7 Å². The van der Waals surface area contributed by atoms with Gasteiger partial charge in [-0.15, -0.1) is 0 Å². The first kappa shape index (κ1) is 16.8. The number of nitrogens with one attached hydrogen (secondary N) is 1. The molecular weight excluding hydrogens is 330 g/mol. The lowest BCUT2D eigenvalue weighted by molar-refractivity contribution is 0.0619. The summed E-state index contributed by atoms with van der Waals surface area (Å²) in [7, 11) is 0. The van der Waals surface area contributed by atoms with Crippen molar-refractivity contribution in [1.29, 1.82) is 0 Å². The molecule has 0 bridgehead atoms. The number of hydrogen-bond acceptors (Lipinski definition) is 4. The molecule has 0 saturated heterocycles. The summed E-state index contributed by atoms with van der Waals surface area (Å²) in [5.41, 5.74) is 2.39. The van der Waals surface area contributed by atoms with Crippen molar-refractivity contribution in [3.8, 4) is 17.2 Å². The number of benzene rings is 2. The monoisotopic (exact) mass is 353 g/mol. The fraction of sp³-hybridized carbons (Fsp3) is 0.381. The average molecular weight is 353 g/mol. The van der Waals surface area contributed by atoms with Gasteiger partial charge in [0.25, 0.3) is 5.91 Å². The van der Waals surface area contributed by atoms with Crippen LogP contribution < -0.4 is 19.5 Å². The van der Waals surface area contributed by atoms with Crippen LogP contribution >= 0.6 is 0 Å². The van der Waals surface area contributed by atoms with Crippen LogP contribution in [0.25, 0.3) is 0 Å². The van der Waals surface area contributed by atoms with E-state index < -0.39 is 0 Å². The summed E-state index contributed by atoms with van der Waals surface area (Å²) >= 11 is 0. The molecule has 2 heterocycles. The lowest BCUT2D eigenvalue weighted by Gasteiger charge is -2.38. The normalized spacial score (nSPS) is 19.9. The van der Waals surface area contributed by atoms with E-state index in [-0.39, 0.29) is 17.6 Å². The zero-order valence-corrected chi connectivity index (χ0v) is 15.3. The molecule has 0 saturated carbocycles. The van der Waals surface area contributed by atoms with Crippen molar-refractivity contribution < 1.29 is 19.0 Å². The Morgan fingerprint density at radius 2 is 1.77 bits per heavy atom. The first-order valence-corrected chi connectivity index (χ1v) is 8.91. The first-order chi connectivity index (χ1) is 12.4. The summed E-state index contributed by atoms with van der Waals surface area (Å²) in [4.78, 5) is 12.9. The van der Waals surface area contributed by atoms with E-state index in [0.717, 1.165) is 16.9 Å². The van der Waals surface area contributed by atoms with Gasteiger partial charge in [-0.2, -0.15) is 0 Å². The number of hydrogen-bond donors (Lipinski definition) is 1. The summed E-state index contributed by atoms with van der Waals surface area (Å²) < 4.78 is 17.2. The number of ether oxygens (including phenoxy) is 3. The molecule has 136 valence electrons. The van der Waals surface area contributed by atoms with Crippen LogP contribution in [0, 0.1) is 6.92 Å².